The lowest BCUT2D eigenvalue weighted by Crippen LogP contribution is -2.34. The van der Waals surface area contributed by atoms with Crippen molar-refractivity contribution in [2.24, 2.45) is 0 Å². The van der Waals surface area contributed by atoms with E-state index >= 15 is 0 Å². The Labute approximate surface area is 163 Å². The van der Waals surface area contributed by atoms with E-state index in [9.17, 15) is 4.79 Å². The molecule has 0 bridgehead atoms. The minimum absolute atomic E-state index is 0.122. The lowest BCUT2D eigenvalue weighted by molar-refractivity contribution is 0.0739. The van der Waals surface area contributed by atoms with Crippen LogP contribution in [-0.4, -0.2) is 35.5 Å². The second kappa shape index (κ2) is 8.90. The van der Waals surface area contributed by atoms with Gasteiger partial charge in [-0.1, -0.05) is 34.8 Å². The first-order chi connectivity index (χ1) is 11.4. The summed E-state index contributed by atoms with van der Waals surface area (Å²) in [4.78, 5) is 18.2. The number of hydrogen-bond acceptors (Lipinski definition) is 3. The van der Waals surface area contributed by atoms with Gasteiger partial charge in [-0.25, -0.2) is 0 Å². The lowest BCUT2D eigenvalue weighted by atomic mass is 10.2. The van der Waals surface area contributed by atoms with Crippen LogP contribution < -0.4 is 4.74 Å². The number of likely N-dealkylation sites (N-methyl/N-ethyl adjacent to an activating group) is 1. The highest BCUT2D eigenvalue weighted by atomic mass is 79.9. The molecule has 0 atom stereocenters. The Hall–Kier alpha value is -1.01. The maximum Gasteiger partial charge on any atom is 0.255 e. The second-order valence-corrected chi connectivity index (χ2v) is 6.99. The van der Waals surface area contributed by atoms with Crippen LogP contribution in [0.25, 0.3) is 0 Å². The molecule has 0 aliphatic carbocycles. The molecule has 0 aliphatic heterocycles. The van der Waals surface area contributed by atoms with Gasteiger partial charge in [0.25, 0.3) is 5.91 Å². The number of hydrogen-bond donors (Lipinski definition) is 0. The molecule has 4 nitrogen and oxygen atoms in total. The summed E-state index contributed by atoms with van der Waals surface area (Å²) >= 11 is 21.3. The first-order valence-corrected chi connectivity index (χ1v) is 9.02. The van der Waals surface area contributed by atoms with Gasteiger partial charge in [0.1, 0.15) is 6.61 Å². The molecule has 1 aromatic carbocycles. The Kier molecular flexibility index (Phi) is 7.16. The Morgan fingerprint density at radius 2 is 1.88 bits per heavy atom. The highest BCUT2D eigenvalue weighted by Crippen LogP contribution is 2.35. The van der Waals surface area contributed by atoms with Crippen molar-refractivity contribution >= 4 is 56.6 Å². The fraction of sp³-hybridized carbons (Fsp3) is 0.250. The van der Waals surface area contributed by atoms with Gasteiger partial charge < -0.3 is 9.64 Å². The predicted molar refractivity (Wildman–Crippen MR) is 100 cm³/mol. The van der Waals surface area contributed by atoms with Crippen LogP contribution in [-0.2, 0) is 0 Å². The van der Waals surface area contributed by atoms with E-state index in [1.165, 1.54) is 6.20 Å². The van der Waals surface area contributed by atoms with Crippen LogP contribution in [0.4, 0.5) is 0 Å². The topological polar surface area (TPSA) is 42.4 Å². The Bertz CT molecular complexity index is 720. The molecule has 8 heteroatoms. The second-order valence-electron chi connectivity index (χ2n) is 4.82. The van der Waals surface area contributed by atoms with Gasteiger partial charge in [0, 0.05) is 28.4 Å². The quantitative estimate of drug-likeness (QED) is 0.594. The third-order valence-corrected chi connectivity index (χ3v) is 4.40. The van der Waals surface area contributed by atoms with Crippen molar-refractivity contribution in [3.8, 4) is 5.75 Å². The van der Waals surface area contributed by atoms with Crippen LogP contribution in [0.5, 0.6) is 5.75 Å². The number of pyridine rings is 1. The van der Waals surface area contributed by atoms with Crippen molar-refractivity contribution in [1.29, 1.82) is 0 Å². The van der Waals surface area contributed by atoms with Crippen LogP contribution in [0.15, 0.2) is 35.1 Å². The Morgan fingerprint density at radius 1 is 1.21 bits per heavy atom. The van der Waals surface area contributed by atoms with Crippen LogP contribution in [0.2, 0.25) is 15.1 Å². The third-order valence-electron chi connectivity index (χ3n) is 3.19. The van der Waals surface area contributed by atoms with E-state index in [4.69, 9.17) is 39.5 Å². The summed E-state index contributed by atoms with van der Waals surface area (Å²) in [7, 11) is 0. The molecule has 2 aromatic rings. The molecule has 0 radical (unpaired) electrons. The number of amides is 1. The monoisotopic (exact) mass is 450 g/mol. The fourth-order valence-corrected chi connectivity index (χ4v) is 3.33. The van der Waals surface area contributed by atoms with Crippen molar-refractivity contribution in [1.82, 2.24) is 9.88 Å². The summed E-state index contributed by atoms with van der Waals surface area (Å²) in [5.41, 5.74) is 0.508. The Morgan fingerprint density at radius 3 is 2.46 bits per heavy atom. The molecule has 1 aromatic heterocycles. The Balaban J connectivity index is 2.01. The highest BCUT2D eigenvalue weighted by Gasteiger charge is 2.16. The number of ether oxygens (including phenoxy) is 1. The van der Waals surface area contributed by atoms with Gasteiger partial charge in [-0.3, -0.25) is 9.78 Å². The number of carbonyl (C=O) groups excluding carboxylic acids is 1. The number of carbonyl (C=O) groups is 1. The third kappa shape index (κ3) is 4.99. The maximum absolute atomic E-state index is 12.5. The van der Waals surface area contributed by atoms with Gasteiger partial charge in [-0.05, 0) is 41.1 Å². The van der Waals surface area contributed by atoms with E-state index in [2.05, 4.69) is 20.9 Å². The van der Waals surface area contributed by atoms with Crippen LogP contribution in [0, 0.1) is 0 Å². The molecule has 128 valence electrons. The van der Waals surface area contributed by atoms with Crippen molar-refractivity contribution in [3.63, 3.8) is 0 Å². The van der Waals surface area contributed by atoms with Gasteiger partial charge in [0.2, 0.25) is 0 Å². The molecular weight excluding hydrogens is 438 g/mol. The van der Waals surface area contributed by atoms with E-state index in [1.54, 1.807) is 29.3 Å². The molecule has 0 spiro atoms. The van der Waals surface area contributed by atoms with E-state index in [1.807, 2.05) is 6.92 Å². The van der Waals surface area contributed by atoms with Crippen LogP contribution in [0.3, 0.4) is 0 Å². The zero-order valence-electron chi connectivity index (χ0n) is 12.7. The van der Waals surface area contributed by atoms with Crippen molar-refractivity contribution < 1.29 is 9.53 Å². The normalized spacial score (nSPS) is 10.5. The average molecular weight is 453 g/mol. The van der Waals surface area contributed by atoms with Gasteiger partial charge in [0.05, 0.1) is 22.2 Å². The SMILES string of the molecule is CCN(CCOc1c(Cl)cc(Cl)cc1Cl)C(=O)c1cncc(Br)c1. The van der Waals surface area contributed by atoms with Crippen molar-refractivity contribution in [2.45, 2.75) is 6.92 Å². The zero-order valence-corrected chi connectivity index (χ0v) is 16.6. The molecule has 0 saturated carbocycles. The van der Waals surface area contributed by atoms with Gasteiger partial charge in [0.15, 0.2) is 5.75 Å². The molecule has 2 rings (SSSR count). The number of halogens is 4. The number of aromatic nitrogens is 1. The lowest BCUT2D eigenvalue weighted by Gasteiger charge is -2.21. The van der Waals surface area contributed by atoms with Crippen molar-refractivity contribution in [2.75, 3.05) is 19.7 Å². The van der Waals surface area contributed by atoms with Gasteiger partial charge in [-0.15, -0.1) is 0 Å². The van der Waals surface area contributed by atoms with Crippen molar-refractivity contribution in [3.05, 3.63) is 55.7 Å². The minimum Gasteiger partial charge on any atom is -0.489 e. The molecule has 0 saturated heterocycles. The first-order valence-electron chi connectivity index (χ1n) is 7.09. The number of nitrogens with zero attached hydrogens (tertiary/aromatic N) is 2. The molecule has 1 amide bonds. The van der Waals surface area contributed by atoms with E-state index in [0.29, 0.717) is 39.5 Å². The summed E-state index contributed by atoms with van der Waals surface area (Å²) in [5.74, 6) is 0.235. The predicted octanol–water partition coefficient (Wildman–Crippen LogP) is 5.35. The molecule has 24 heavy (non-hydrogen) atoms. The summed E-state index contributed by atoms with van der Waals surface area (Å²) in [6, 6.07) is 4.84. The highest BCUT2D eigenvalue weighted by molar-refractivity contribution is 9.10. The molecule has 1 heterocycles. The van der Waals surface area contributed by atoms with Gasteiger partial charge in [-0.2, -0.15) is 0 Å². The van der Waals surface area contributed by atoms with Crippen LogP contribution >= 0.6 is 50.7 Å². The zero-order chi connectivity index (χ0) is 17.7. The number of benzene rings is 1. The smallest absolute Gasteiger partial charge is 0.255 e. The molecule has 0 aliphatic rings. The summed E-state index contributed by atoms with van der Waals surface area (Å²) in [5, 5.41) is 1.10. The summed E-state index contributed by atoms with van der Waals surface area (Å²) in [6.07, 6.45) is 3.16. The summed E-state index contributed by atoms with van der Waals surface area (Å²) < 4.78 is 6.37. The molecule has 0 fully saturated rings. The molecule has 0 unspecified atom stereocenters. The number of rotatable bonds is 6. The van der Waals surface area contributed by atoms with E-state index in [0.717, 1.165) is 4.47 Å². The van der Waals surface area contributed by atoms with Crippen LogP contribution in [0.1, 0.15) is 17.3 Å². The standard InChI is InChI=1S/C16H14BrCl3N2O2/c1-2-22(16(23)10-5-11(17)9-21-8-10)3-4-24-15-13(19)6-12(18)7-14(15)20/h5-9H,2-4H2,1H3. The maximum atomic E-state index is 12.5. The first kappa shape index (κ1) is 19.3. The minimum atomic E-state index is -0.122. The molecule has 0 N–H and O–H groups in total. The van der Waals surface area contributed by atoms with E-state index in [-0.39, 0.29) is 12.5 Å². The summed E-state index contributed by atoms with van der Waals surface area (Å²) in [6.45, 7) is 3.07. The fourth-order valence-electron chi connectivity index (χ4n) is 2.04. The van der Waals surface area contributed by atoms with E-state index < -0.39 is 0 Å². The average Bonchev–Trinajstić information content (AvgIpc) is 2.53. The largest absolute Gasteiger partial charge is 0.489 e. The molecular formula is C16H14BrCl3N2O2. The van der Waals surface area contributed by atoms with Gasteiger partial charge >= 0.3 is 0 Å².